The average molecular weight is 451 g/mol. The molecule has 0 aliphatic carbocycles. The number of amides is 2. The molecule has 1 N–H and O–H groups in total. The zero-order chi connectivity index (χ0) is 23.5. The molecule has 1 aromatic carbocycles. The summed E-state index contributed by atoms with van der Waals surface area (Å²) in [6.45, 7) is 6.53. The van der Waals surface area contributed by atoms with Crippen molar-refractivity contribution in [3.63, 3.8) is 0 Å². The number of nitrogens with zero attached hydrogens (tertiary/aromatic N) is 2. The van der Waals surface area contributed by atoms with Crippen LogP contribution in [-0.2, 0) is 15.7 Å². The molecule has 0 radical (unpaired) electrons. The van der Waals surface area contributed by atoms with Crippen LogP contribution < -0.4 is 5.32 Å². The van der Waals surface area contributed by atoms with E-state index in [0.29, 0.717) is 31.6 Å². The van der Waals surface area contributed by atoms with Gasteiger partial charge >= 0.3 is 12.3 Å². The van der Waals surface area contributed by atoms with Gasteiger partial charge in [0.05, 0.1) is 18.7 Å². The molecule has 1 fully saturated rings. The van der Waals surface area contributed by atoms with E-state index in [-0.39, 0.29) is 11.8 Å². The normalized spacial score (nSPS) is 17.1. The SMILES string of the molecule is CC(C)(C)OC(=O)N1CCOC(c2ccc(NC(=O)c3ccc(C(F)(F)F)cn3)cc2)C1. The molecule has 0 spiro atoms. The minimum Gasteiger partial charge on any atom is -0.444 e. The number of anilines is 1. The number of benzene rings is 1. The van der Waals surface area contributed by atoms with E-state index in [1.54, 1.807) is 49.9 Å². The zero-order valence-corrected chi connectivity index (χ0v) is 17.9. The summed E-state index contributed by atoms with van der Waals surface area (Å²) in [7, 11) is 0. The van der Waals surface area contributed by atoms with Crippen LogP contribution in [0.5, 0.6) is 0 Å². The quantitative estimate of drug-likeness (QED) is 0.734. The molecule has 1 saturated heterocycles. The van der Waals surface area contributed by atoms with Crippen LogP contribution in [0.2, 0.25) is 0 Å². The Bertz CT molecular complexity index is 954. The number of halogens is 3. The summed E-state index contributed by atoms with van der Waals surface area (Å²) < 4.78 is 49.0. The third-order valence-electron chi connectivity index (χ3n) is 4.58. The lowest BCUT2D eigenvalue weighted by atomic mass is 10.1. The number of morpholine rings is 1. The van der Waals surface area contributed by atoms with Crippen molar-refractivity contribution in [1.29, 1.82) is 0 Å². The van der Waals surface area contributed by atoms with E-state index in [1.165, 1.54) is 0 Å². The summed E-state index contributed by atoms with van der Waals surface area (Å²) in [6, 6.07) is 8.62. The number of ether oxygens (including phenoxy) is 2. The Morgan fingerprint density at radius 2 is 1.81 bits per heavy atom. The van der Waals surface area contributed by atoms with Gasteiger partial charge in [0.1, 0.15) is 17.4 Å². The maximum atomic E-state index is 12.6. The first-order valence-corrected chi connectivity index (χ1v) is 9.96. The van der Waals surface area contributed by atoms with E-state index in [1.807, 2.05) is 0 Å². The van der Waals surface area contributed by atoms with E-state index >= 15 is 0 Å². The number of nitrogens with one attached hydrogen (secondary N) is 1. The number of pyridine rings is 1. The number of carbonyl (C=O) groups is 2. The van der Waals surface area contributed by atoms with E-state index < -0.39 is 29.3 Å². The van der Waals surface area contributed by atoms with E-state index in [0.717, 1.165) is 17.7 Å². The molecule has 7 nitrogen and oxygen atoms in total. The molecule has 1 aliphatic heterocycles. The van der Waals surface area contributed by atoms with Crippen LogP contribution in [0, 0.1) is 0 Å². The Labute approximate surface area is 183 Å². The first-order valence-electron chi connectivity index (χ1n) is 9.96. The van der Waals surface area contributed by atoms with E-state index in [4.69, 9.17) is 9.47 Å². The van der Waals surface area contributed by atoms with Gasteiger partial charge in [0, 0.05) is 18.4 Å². The first kappa shape index (κ1) is 23.5. The number of aromatic nitrogens is 1. The Balaban J connectivity index is 1.61. The predicted molar refractivity (Wildman–Crippen MR) is 110 cm³/mol. The van der Waals surface area contributed by atoms with Crippen LogP contribution in [0.25, 0.3) is 0 Å². The summed E-state index contributed by atoms with van der Waals surface area (Å²) in [6.07, 6.45) is -4.65. The Hall–Kier alpha value is -3.14. The third-order valence-corrected chi connectivity index (χ3v) is 4.58. The lowest BCUT2D eigenvalue weighted by Crippen LogP contribution is -2.44. The molecule has 0 saturated carbocycles. The number of alkyl halides is 3. The minimum absolute atomic E-state index is 0.134. The number of hydrogen-bond donors (Lipinski definition) is 1. The fourth-order valence-corrected chi connectivity index (χ4v) is 3.02. The standard InChI is InChI=1S/C22H24F3N3O4/c1-21(2,3)32-20(30)28-10-11-31-18(13-28)14-4-7-16(8-5-14)27-19(29)17-9-6-15(12-26-17)22(23,24)25/h4-9,12,18H,10-11,13H2,1-3H3,(H,27,29). The van der Waals surface area contributed by atoms with Crippen molar-refractivity contribution < 1.29 is 32.2 Å². The lowest BCUT2D eigenvalue weighted by molar-refractivity contribution is -0.137. The third kappa shape index (κ3) is 6.19. The van der Waals surface area contributed by atoms with Gasteiger partial charge in [-0.25, -0.2) is 4.79 Å². The summed E-state index contributed by atoms with van der Waals surface area (Å²) >= 11 is 0. The molecule has 10 heteroatoms. The predicted octanol–water partition coefficient (Wildman–Crippen LogP) is 4.66. The first-order chi connectivity index (χ1) is 14.9. The summed E-state index contributed by atoms with van der Waals surface area (Å²) in [5, 5.41) is 2.59. The van der Waals surface area contributed by atoms with Crippen molar-refractivity contribution in [3.8, 4) is 0 Å². The molecular weight excluding hydrogens is 427 g/mol. The lowest BCUT2D eigenvalue weighted by Gasteiger charge is -2.34. The molecule has 1 atom stereocenters. The van der Waals surface area contributed by atoms with Crippen LogP contribution in [0.3, 0.4) is 0 Å². The largest absolute Gasteiger partial charge is 0.444 e. The van der Waals surface area contributed by atoms with Crippen LogP contribution in [0.1, 0.15) is 48.5 Å². The summed E-state index contributed by atoms with van der Waals surface area (Å²) in [5.41, 5.74) is -0.395. The summed E-state index contributed by atoms with van der Waals surface area (Å²) in [5.74, 6) is -0.628. The molecule has 1 aromatic heterocycles. The van der Waals surface area contributed by atoms with Crippen molar-refractivity contribution in [3.05, 3.63) is 59.4 Å². The van der Waals surface area contributed by atoms with E-state index in [9.17, 15) is 22.8 Å². The van der Waals surface area contributed by atoms with Gasteiger partial charge in [-0.2, -0.15) is 13.2 Å². The fourth-order valence-electron chi connectivity index (χ4n) is 3.02. The highest BCUT2D eigenvalue weighted by Gasteiger charge is 2.31. The highest BCUT2D eigenvalue weighted by Crippen LogP contribution is 2.28. The van der Waals surface area contributed by atoms with Crippen molar-refractivity contribution in [2.24, 2.45) is 0 Å². The minimum atomic E-state index is -4.52. The summed E-state index contributed by atoms with van der Waals surface area (Å²) in [4.78, 5) is 29.7. The smallest absolute Gasteiger partial charge is 0.417 e. The molecule has 2 aromatic rings. The Kier molecular flexibility index (Phi) is 6.73. The van der Waals surface area contributed by atoms with Crippen LogP contribution in [0.4, 0.5) is 23.7 Å². The van der Waals surface area contributed by atoms with Gasteiger partial charge < -0.3 is 19.7 Å². The molecule has 32 heavy (non-hydrogen) atoms. The van der Waals surface area contributed by atoms with E-state index in [2.05, 4.69) is 10.3 Å². The van der Waals surface area contributed by atoms with Crippen molar-refractivity contribution >= 4 is 17.7 Å². The van der Waals surface area contributed by atoms with Crippen LogP contribution in [0.15, 0.2) is 42.6 Å². The highest BCUT2D eigenvalue weighted by atomic mass is 19.4. The van der Waals surface area contributed by atoms with Gasteiger partial charge in [0.15, 0.2) is 0 Å². The Morgan fingerprint density at radius 1 is 1.12 bits per heavy atom. The van der Waals surface area contributed by atoms with Crippen molar-refractivity contribution in [1.82, 2.24) is 9.88 Å². The zero-order valence-electron chi connectivity index (χ0n) is 17.9. The monoisotopic (exact) mass is 451 g/mol. The molecule has 3 rings (SSSR count). The Morgan fingerprint density at radius 3 is 2.38 bits per heavy atom. The maximum absolute atomic E-state index is 12.6. The average Bonchev–Trinajstić information content (AvgIpc) is 2.72. The number of rotatable bonds is 3. The van der Waals surface area contributed by atoms with Gasteiger partial charge in [-0.3, -0.25) is 9.78 Å². The molecule has 2 heterocycles. The van der Waals surface area contributed by atoms with Gasteiger partial charge in [0.2, 0.25) is 0 Å². The highest BCUT2D eigenvalue weighted by molar-refractivity contribution is 6.02. The van der Waals surface area contributed by atoms with Crippen molar-refractivity contribution in [2.75, 3.05) is 25.0 Å². The second-order valence-electron chi connectivity index (χ2n) is 8.29. The molecule has 1 aliphatic rings. The van der Waals surface area contributed by atoms with Crippen LogP contribution in [-0.4, -0.2) is 47.2 Å². The molecule has 2 amide bonds. The van der Waals surface area contributed by atoms with Crippen molar-refractivity contribution in [2.45, 2.75) is 38.7 Å². The van der Waals surface area contributed by atoms with Gasteiger partial charge in [-0.05, 0) is 50.6 Å². The molecular formula is C22H24F3N3O4. The number of carbonyl (C=O) groups excluding carboxylic acids is 2. The van der Waals surface area contributed by atoms with Gasteiger partial charge in [0.25, 0.3) is 5.91 Å². The second kappa shape index (κ2) is 9.15. The topological polar surface area (TPSA) is 80.8 Å². The fraction of sp³-hybridized carbons (Fsp3) is 0.409. The van der Waals surface area contributed by atoms with Gasteiger partial charge in [-0.1, -0.05) is 12.1 Å². The number of hydrogen-bond acceptors (Lipinski definition) is 5. The molecule has 0 bridgehead atoms. The second-order valence-corrected chi connectivity index (χ2v) is 8.29. The maximum Gasteiger partial charge on any atom is 0.417 e. The van der Waals surface area contributed by atoms with Crippen LogP contribution >= 0.6 is 0 Å². The molecule has 1 unspecified atom stereocenters. The van der Waals surface area contributed by atoms with Gasteiger partial charge in [-0.15, -0.1) is 0 Å². The molecule has 172 valence electrons.